The van der Waals surface area contributed by atoms with Gasteiger partial charge in [-0.05, 0) is 25.0 Å². The molecule has 124 valence electrons. The van der Waals surface area contributed by atoms with Gasteiger partial charge in [0.25, 0.3) is 0 Å². The Morgan fingerprint density at radius 1 is 1.26 bits per heavy atom. The van der Waals surface area contributed by atoms with E-state index in [-0.39, 0.29) is 11.8 Å². The van der Waals surface area contributed by atoms with E-state index in [1.54, 1.807) is 28.7 Å². The first-order valence-electron chi connectivity index (χ1n) is 7.31. The average Bonchev–Trinajstić information content (AvgIpc) is 3.05. The SMILES string of the molecule is O=S(=O)(Cc1c(Cl)cccc1Cl)N1CCCC[C@@H]1c1nccs1. The number of thiazole rings is 1. The molecule has 2 aromatic rings. The van der Waals surface area contributed by atoms with Gasteiger partial charge >= 0.3 is 0 Å². The van der Waals surface area contributed by atoms with Crippen molar-refractivity contribution in [2.45, 2.75) is 31.1 Å². The van der Waals surface area contributed by atoms with Crippen LogP contribution >= 0.6 is 34.5 Å². The lowest BCUT2D eigenvalue weighted by Crippen LogP contribution is -2.39. The summed E-state index contributed by atoms with van der Waals surface area (Å²) >= 11 is 13.8. The second-order valence-corrected chi connectivity index (χ2v) is 9.11. The monoisotopic (exact) mass is 390 g/mol. The molecule has 2 heterocycles. The molecule has 0 amide bonds. The topological polar surface area (TPSA) is 50.3 Å². The summed E-state index contributed by atoms with van der Waals surface area (Å²) in [5.74, 6) is -0.187. The highest BCUT2D eigenvalue weighted by Gasteiger charge is 2.35. The van der Waals surface area contributed by atoms with Crippen LogP contribution < -0.4 is 0 Å². The molecule has 0 bridgehead atoms. The summed E-state index contributed by atoms with van der Waals surface area (Å²) in [4.78, 5) is 4.31. The number of halogens is 2. The second-order valence-electron chi connectivity index (χ2n) is 5.45. The molecule has 0 radical (unpaired) electrons. The lowest BCUT2D eigenvalue weighted by atomic mass is 10.1. The van der Waals surface area contributed by atoms with Gasteiger partial charge in [0, 0.05) is 33.7 Å². The highest BCUT2D eigenvalue weighted by molar-refractivity contribution is 7.88. The van der Waals surface area contributed by atoms with Crippen LogP contribution in [0.15, 0.2) is 29.8 Å². The molecule has 1 aliphatic rings. The standard InChI is InChI=1S/C15H16Cl2N2O2S2/c16-12-4-3-5-13(17)11(12)10-23(20,21)19-8-2-1-6-14(19)15-18-7-9-22-15/h3-5,7,9,14H,1-2,6,8,10H2/t14-/m1/s1. The number of piperidine rings is 1. The molecule has 1 fully saturated rings. The first kappa shape index (κ1) is 17.2. The number of aromatic nitrogens is 1. The van der Waals surface area contributed by atoms with E-state index in [1.165, 1.54) is 11.3 Å². The maximum atomic E-state index is 13.0. The molecule has 1 aliphatic heterocycles. The van der Waals surface area contributed by atoms with Crippen molar-refractivity contribution in [3.8, 4) is 0 Å². The maximum Gasteiger partial charge on any atom is 0.219 e. The Balaban J connectivity index is 1.91. The van der Waals surface area contributed by atoms with Crippen molar-refractivity contribution in [3.05, 3.63) is 50.4 Å². The first-order chi connectivity index (χ1) is 11.0. The fraction of sp³-hybridized carbons (Fsp3) is 0.400. The summed E-state index contributed by atoms with van der Waals surface area (Å²) in [7, 11) is -3.53. The van der Waals surface area contributed by atoms with Gasteiger partial charge in [-0.3, -0.25) is 0 Å². The van der Waals surface area contributed by atoms with E-state index >= 15 is 0 Å². The highest BCUT2D eigenvalue weighted by atomic mass is 35.5. The third-order valence-corrected chi connectivity index (χ3v) is 7.33. The number of hydrogen-bond acceptors (Lipinski definition) is 4. The minimum absolute atomic E-state index is 0.185. The predicted molar refractivity (Wildman–Crippen MR) is 94.5 cm³/mol. The molecule has 0 saturated carbocycles. The van der Waals surface area contributed by atoms with Crippen molar-refractivity contribution in [1.82, 2.24) is 9.29 Å². The van der Waals surface area contributed by atoms with Crippen LogP contribution in [0.2, 0.25) is 10.0 Å². The quantitative estimate of drug-likeness (QED) is 0.771. The maximum absolute atomic E-state index is 13.0. The van der Waals surface area contributed by atoms with E-state index in [4.69, 9.17) is 23.2 Å². The zero-order valence-electron chi connectivity index (χ0n) is 12.3. The third kappa shape index (κ3) is 3.72. The molecule has 1 atom stereocenters. The summed E-state index contributed by atoms with van der Waals surface area (Å²) in [5.41, 5.74) is 0.458. The Morgan fingerprint density at radius 3 is 2.65 bits per heavy atom. The molecule has 0 aliphatic carbocycles. The lowest BCUT2D eigenvalue weighted by Gasteiger charge is -2.33. The lowest BCUT2D eigenvalue weighted by molar-refractivity contribution is 0.255. The van der Waals surface area contributed by atoms with E-state index < -0.39 is 10.0 Å². The molecular formula is C15H16Cl2N2O2S2. The van der Waals surface area contributed by atoms with Crippen molar-refractivity contribution in [2.24, 2.45) is 0 Å². The highest BCUT2D eigenvalue weighted by Crippen LogP contribution is 2.36. The molecule has 1 aromatic carbocycles. The van der Waals surface area contributed by atoms with Crippen LogP contribution in [0.25, 0.3) is 0 Å². The van der Waals surface area contributed by atoms with Crippen LogP contribution in [0.3, 0.4) is 0 Å². The van der Waals surface area contributed by atoms with Crippen LogP contribution in [0.1, 0.15) is 35.9 Å². The minimum Gasteiger partial charge on any atom is -0.248 e. The van der Waals surface area contributed by atoms with Crippen LogP contribution in [0.4, 0.5) is 0 Å². The molecule has 1 saturated heterocycles. The van der Waals surface area contributed by atoms with Gasteiger partial charge in [0.15, 0.2) is 0 Å². The van der Waals surface area contributed by atoms with Gasteiger partial charge in [0.05, 0.1) is 11.8 Å². The van der Waals surface area contributed by atoms with Crippen LogP contribution in [0, 0.1) is 0 Å². The third-order valence-electron chi connectivity index (χ3n) is 3.94. The van der Waals surface area contributed by atoms with Gasteiger partial charge in [-0.1, -0.05) is 35.7 Å². The Morgan fingerprint density at radius 2 is 2.00 bits per heavy atom. The Labute approximate surface area is 150 Å². The average molecular weight is 391 g/mol. The summed E-state index contributed by atoms with van der Waals surface area (Å²) in [6, 6.07) is 4.84. The van der Waals surface area contributed by atoms with E-state index in [2.05, 4.69) is 4.98 Å². The van der Waals surface area contributed by atoms with Crippen molar-refractivity contribution in [3.63, 3.8) is 0 Å². The van der Waals surface area contributed by atoms with Crippen LogP contribution in [0.5, 0.6) is 0 Å². The zero-order chi connectivity index (χ0) is 16.4. The summed E-state index contributed by atoms with van der Waals surface area (Å²) in [5, 5.41) is 3.48. The fourth-order valence-electron chi connectivity index (χ4n) is 2.82. The largest absolute Gasteiger partial charge is 0.248 e. The first-order valence-corrected chi connectivity index (χ1v) is 10.6. The number of benzene rings is 1. The van der Waals surface area contributed by atoms with Gasteiger partial charge in [0.2, 0.25) is 10.0 Å². The van der Waals surface area contributed by atoms with Gasteiger partial charge in [-0.2, -0.15) is 4.31 Å². The summed E-state index contributed by atoms with van der Waals surface area (Å²) in [6.07, 6.45) is 4.37. The van der Waals surface area contributed by atoms with Gasteiger partial charge in [0.1, 0.15) is 5.01 Å². The molecular weight excluding hydrogens is 375 g/mol. The van der Waals surface area contributed by atoms with Crippen molar-refractivity contribution < 1.29 is 8.42 Å². The molecule has 4 nitrogen and oxygen atoms in total. The van der Waals surface area contributed by atoms with Crippen LogP contribution in [-0.4, -0.2) is 24.3 Å². The minimum atomic E-state index is -3.53. The van der Waals surface area contributed by atoms with E-state index in [1.807, 2.05) is 5.38 Å². The molecule has 0 N–H and O–H groups in total. The zero-order valence-corrected chi connectivity index (χ0v) is 15.4. The Kier molecular flexibility index (Phi) is 5.28. The number of hydrogen-bond donors (Lipinski definition) is 0. The van der Waals surface area contributed by atoms with Crippen molar-refractivity contribution in [1.29, 1.82) is 0 Å². The van der Waals surface area contributed by atoms with Crippen molar-refractivity contribution >= 4 is 44.6 Å². The number of rotatable bonds is 4. The Bertz CT molecular complexity index is 759. The molecule has 0 spiro atoms. The van der Waals surface area contributed by atoms with Gasteiger partial charge < -0.3 is 0 Å². The second kappa shape index (κ2) is 7.07. The molecule has 8 heteroatoms. The van der Waals surface area contributed by atoms with Gasteiger partial charge in [-0.15, -0.1) is 11.3 Å². The molecule has 23 heavy (non-hydrogen) atoms. The molecule has 0 unspecified atom stereocenters. The Hall–Kier alpha value is -0.660. The van der Waals surface area contributed by atoms with Crippen LogP contribution in [-0.2, 0) is 15.8 Å². The molecule has 1 aromatic heterocycles. The fourth-order valence-corrected chi connectivity index (χ4v) is 6.20. The summed E-state index contributed by atoms with van der Waals surface area (Å²) < 4.78 is 27.5. The smallest absolute Gasteiger partial charge is 0.219 e. The van der Waals surface area contributed by atoms with E-state index in [0.717, 1.165) is 24.3 Å². The van der Waals surface area contributed by atoms with E-state index in [9.17, 15) is 8.42 Å². The number of nitrogens with zero attached hydrogens (tertiary/aromatic N) is 2. The predicted octanol–water partition coefficient (Wildman–Crippen LogP) is 4.51. The van der Waals surface area contributed by atoms with Crippen molar-refractivity contribution in [2.75, 3.05) is 6.54 Å². The molecule has 3 rings (SSSR count). The number of sulfonamides is 1. The van der Waals surface area contributed by atoms with Gasteiger partial charge in [-0.25, -0.2) is 13.4 Å². The summed E-state index contributed by atoms with van der Waals surface area (Å²) in [6.45, 7) is 0.509. The normalized spacial score (nSPS) is 19.8. The van der Waals surface area contributed by atoms with E-state index in [0.29, 0.717) is 22.2 Å².